The molecule has 202 valence electrons. The second kappa shape index (κ2) is 11.6. The molecule has 0 saturated heterocycles. The van der Waals surface area contributed by atoms with Gasteiger partial charge in [-0.2, -0.15) is 0 Å². The van der Waals surface area contributed by atoms with Crippen molar-refractivity contribution in [1.29, 1.82) is 0 Å². The Balaban J connectivity index is 1.44. The first-order chi connectivity index (χ1) is 19.3. The van der Waals surface area contributed by atoms with Crippen molar-refractivity contribution in [2.75, 3.05) is 0 Å². The van der Waals surface area contributed by atoms with E-state index in [1.165, 1.54) is 18.2 Å². The highest BCUT2D eigenvalue weighted by atomic mass is 19.1. The van der Waals surface area contributed by atoms with E-state index in [1.807, 2.05) is 19.1 Å². The van der Waals surface area contributed by atoms with Gasteiger partial charge in [0.05, 0.1) is 28.5 Å². The number of rotatable bonds is 9. The van der Waals surface area contributed by atoms with Crippen LogP contribution in [0.1, 0.15) is 53.8 Å². The van der Waals surface area contributed by atoms with E-state index < -0.39 is 5.97 Å². The van der Waals surface area contributed by atoms with E-state index >= 15 is 0 Å². The maximum Gasteiger partial charge on any atom is 0.303 e. The highest BCUT2D eigenvalue weighted by Crippen LogP contribution is 2.28. The van der Waals surface area contributed by atoms with Crippen LogP contribution in [0.15, 0.2) is 78.9 Å². The van der Waals surface area contributed by atoms with E-state index in [0.717, 1.165) is 10.9 Å². The van der Waals surface area contributed by atoms with Gasteiger partial charge in [-0.15, -0.1) is 0 Å². The van der Waals surface area contributed by atoms with Crippen LogP contribution in [0.4, 0.5) is 8.78 Å². The zero-order valence-corrected chi connectivity index (χ0v) is 21.8. The first-order valence-electron chi connectivity index (χ1n) is 13.1. The standard InChI is InChI=1S/C32H27F2N3O3/c1-19(23-15-16-26(34)25-7-3-2-6-24(23)25)35-32(40)21-12-17-27-29(18-21)36-28(8-4-5-9-30(38)39)31(37-27)20-10-13-22(33)14-11-20/h2-3,6-7,10-19H,4-5,8-9H2,1H3,(H,35,40)(H,38,39)/t19-/m0/s1. The van der Waals surface area contributed by atoms with Crippen LogP contribution in [0.5, 0.6) is 0 Å². The molecule has 5 rings (SSSR count). The van der Waals surface area contributed by atoms with Crippen molar-refractivity contribution < 1.29 is 23.5 Å². The fraction of sp³-hybridized carbons (Fsp3) is 0.188. The number of nitrogens with zero attached hydrogens (tertiary/aromatic N) is 2. The first-order valence-corrected chi connectivity index (χ1v) is 13.1. The minimum absolute atomic E-state index is 0.0543. The number of amides is 1. The number of unbranched alkanes of at least 4 members (excludes halogenated alkanes) is 1. The van der Waals surface area contributed by atoms with Gasteiger partial charge in [-0.05, 0) is 85.7 Å². The van der Waals surface area contributed by atoms with Gasteiger partial charge in [0.15, 0.2) is 0 Å². The van der Waals surface area contributed by atoms with E-state index in [0.29, 0.717) is 58.2 Å². The number of hydrogen-bond acceptors (Lipinski definition) is 4. The van der Waals surface area contributed by atoms with Gasteiger partial charge in [-0.1, -0.05) is 30.3 Å². The average Bonchev–Trinajstić information content (AvgIpc) is 2.95. The molecule has 0 unspecified atom stereocenters. The Morgan fingerprint density at radius 1 is 0.875 bits per heavy atom. The number of carboxylic acid groups (broad SMARTS) is 1. The first kappa shape index (κ1) is 26.9. The number of carbonyl (C=O) groups excluding carboxylic acids is 1. The zero-order valence-electron chi connectivity index (χ0n) is 21.8. The molecule has 0 aliphatic heterocycles. The number of carboxylic acids is 1. The minimum Gasteiger partial charge on any atom is -0.481 e. The molecule has 0 saturated carbocycles. The van der Waals surface area contributed by atoms with Crippen LogP contribution in [0, 0.1) is 11.6 Å². The van der Waals surface area contributed by atoms with Crippen LogP contribution in [-0.4, -0.2) is 27.0 Å². The molecule has 0 bridgehead atoms. The lowest BCUT2D eigenvalue weighted by atomic mass is 9.99. The molecule has 1 heterocycles. The fourth-order valence-electron chi connectivity index (χ4n) is 4.83. The summed E-state index contributed by atoms with van der Waals surface area (Å²) in [6, 6.07) is 20.9. The second-order valence-electron chi connectivity index (χ2n) is 9.71. The Kier molecular flexibility index (Phi) is 7.77. The molecule has 4 aromatic carbocycles. The number of aliphatic carboxylic acids is 1. The van der Waals surface area contributed by atoms with Crippen molar-refractivity contribution in [3.05, 3.63) is 107 Å². The number of carbonyl (C=O) groups is 2. The predicted molar refractivity (Wildman–Crippen MR) is 150 cm³/mol. The number of aromatic nitrogens is 2. The normalized spacial score (nSPS) is 12.0. The van der Waals surface area contributed by atoms with Gasteiger partial charge in [-0.25, -0.2) is 18.7 Å². The Labute approximate surface area is 229 Å². The predicted octanol–water partition coefficient (Wildman–Crippen LogP) is 7.02. The summed E-state index contributed by atoms with van der Waals surface area (Å²) in [7, 11) is 0. The SMILES string of the molecule is C[C@H](NC(=O)c1ccc2nc(-c3ccc(F)cc3)c(CCCCC(=O)O)nc2c1)c1ccc(F)c2ccccc12. The summed E-state index contributed by atoms with van der Waals surface area (Å²) in [4.78, 5) is 33.7. The maximum atomic E-state index is 14.3. The topological polar surface area (TPSA) is 92.2 Å². The fourth-order valence-corrected chi connectivity index (χ4v) is 4.83. The largest absolute Gasteiger partial charge is 0.481 e. The third-order valence-corrected chi connectivity index (χ3v) is 6.89. The van der Waals surface area contributed by atoms with Crippen molar-refractivity contribution >= 4 is 33.7 Å². The van der Waals surface area contributed by atoms with E-state index in [4.69, 9.17) is 15.1 Å². The van der Waals surface area contributed by atoms with Gasteiger partial charge >= 0.3 is 5.97 Å². The van der Waals surface area contributed by atoms with Gasteiger partial charge < -0.3 is 10.4 Å². The van der Waals surface area contributed by atoms with Crippen LogP contribution in [0.25, 0.3) is 33.1 Å². The molecule has 8 heteroatoms. The highest BCUT2D eigenvalue weighted by Gasteiger charge is 2.17. The summed E-state index contributed by atoms with van der Waals surface area (Å²) < 4.78 is 27.8. The van der Waals surface area contributed by atoms with Crippen molar-refractivity contribution in [3.8, 4) is 11.3 Å². The lowest BCUT2D eigenvalue weighted by Crippen LogP contribution is -2.26. The minimum atomic E-state index is -0.859. The van der Waals surface area contributed by atoms with Crippen LogP contribution in [-0.2, 0) is 11.2 Å². The molecular weight excluding hydrogens is 512 g/mol. The molecule has 0 aliphatic rings. The molecule has 1 amide bonds. The number of benzene rings is 4. The molecule has 0 spiro atoms. The monoisotopic (exact) mass is 539 g/mol. The van der Waals surface area contributed by atoms with Crippen molar-refractivity contribution in [3.63, 3.8) is 0 Å². The smallest absolute Gasteiger partial charge is 0.303 e. The molecular formula is C32H27F2N3O3. The van der Waals surface area contributed by atoms with E-state index in [9.17, 15) is 18.4 Å². The van der Waals surface area contributed by atoms with Gasteiger partial charge in [0, 0.05) is 22.9 Å². The molecule has 5 aromatic rings. The summed E-state index contributed by atoms with van der Waals surface area (Å²) in [6.07, 6.45) is 1.60. The lowest BCUT2D eigenvalue weighted by Gasteiger charge is -2.17. The summed E-state index contributed by atoms with van der Waals surface area (Å²) in [5.41, 5.74) is 4.23. The van der Waals surface area contributed by atoms with Gasteiger partial charge in [0.25, 0.3) is 5.91 Å². The third-order valence-electron chi connectivity index (χ3n) is 6.89. The van der Waals surface area contributed by atoms with Crippen LogP contribution in [0.3, 0.4) is 0 Å². The van der Waals surface area contributed by atoms with Gasteiger partial charge in [-0.3, -0.25) is 9.59 Å². The summed E-state index contributed by atoms with van der Waals surface area (Å²) >= 11 is 0. The average molecular weight is 540 g/mol. The molecule has 0 aliphatic carbocycles. The number of nitrogens with one attached hydrogen (secondary N) is 1. The summed E-state index contributed by atoms with van der Waals surface area (Å²) in [6.45, 7) is 1.85. The van der Waals surface area contributed by atoms with Gasteiger partial charge in [0.2, 0.25) is 0 Å². The van der Waals surface area contributed by atoms with E-state index in [2.05, 4.69) is 5.32 Å². The molecule has 40 heavy (non-hydrogen) atoms. The summed E-state index contributed by atoms with van der Waals surface area (Å²) in [5, 5.41) is 13.2. The van der Waals surface area contributed by atoms with E-state index in [-0.39, 0.29) is 30.0 Å². The highest BCUT2D eigenvalue weighted by molar-refractivity contribution is 5.98. The maximum absolute atomic E-state index is 14.3. The lowest BCUT2D eigenvalue weighted by molar-refractivity contribution is -0.137. The molecule has 0 radical (unpaired) electrons. The molecule has 6 nitrogen and oxygen atoms in total. The van der Waals surface area contributed by atoms with Gasteiger partial charge in [0.1, 0.15) is 11.6 Å². The Hall–Kier alpha value is -4.72. The van der Waals surface area contributed by atoms with Crippen molar-refractivity contribution in [2.45, 2.75) is 38.6 Å². The molecule has 2 N–H and O–H groups in total. The van der Waals surface area contributed by atoms with Crippen LogP contribution < -0.4 is 5.32 Å². The second-order valence-corrected chi connectivity index (χ2v) is 9.71. The zero-order chi connectivity index (χ0) is 28.2. The number of fused-ring (bicyclic) bond motifs is 2. The molecule has 0 fully saturated rings. The number of hydrogen-bond donors (Lipinski definition) is 2. The molecule has 1 aromatic heterocycles. The van der Waals surface area contributed by atoms with E-state index in [1.54, 1.807) is 48.5 Å². The summed E-state index contributed by atoms with van der Waals surface area (Å²) in [5.74, 6) is -1.85. The van der Waals surface area contributed by atoms with Crippen molar-refractivity contribution in [1.82, 2.24) is 15.3 Å². The third kappa shape index (κ3) is 5.81. The van der Waals surface area contributed by atoms with Crippen LogP contribution in [0.2, 0.25) is 0 Å². The Morgan fingerprint density at radius 3 is 2.38 bits per heavy atom. The van der Waals surface area contributed by atoms with Crippen molar-refractivity contribution in [2.24, 2.45) is 0 Å². The Morgan fingerprint density at radius 2 is 1.62 bits per heavy atom. The molecule has 1 atom stereocenters. The van der Waals surface area contributed by atoms with Crippen LogP contribution >= 0.6 is 0 Å². The quantitative estimate of drug-likeness (QED) is 0.197. The Bertz CT molecular complexity index is 1720. The number of aryl methyl sites for hydroxylation is 1. The number of halogens is 2.